The van der Waals surface area contributed by atoms with Crippen molar-refractivity contribution >= 4 is 28.9 Å². The molecule has 1 N–H and O–H groups in total. The van der Waals surface area contributed by atoms with Gasteiger partial charge in [0.1, 0.15) is 0 Å². The fourth-order valence-electron chi connectivity index (χ4n) is 2.29. The van der Waals surface area contributed by atoms with Crippen LogP contribution in [0.4, 0.5) is 11.4 Å². The van der Waals surface area contributed by atoms with Crippen LogP contribution in [0.1, 0.15) is 5.56 Å². The Morgan fingerprint density at radius 2 is 1.84 bits per heavy atom. The highest BCUT2D eigenvalue weighted by Gasteiger charge is 2.23. The van der Waals surface area contributed by atoms with E-state index in [-0.39, 0.29) is 5.91 Å². The second kappa shape index (κ2) is 5.03. The van der Waals surface area contributed by atoms with Crippen LogP contribution in [-0.4, -0.2) is 12.5 Å². The van der Waals surface area contributed by atoms with Crippen molar-refractivity contribution in [3.63, 3.8) is 0 Å². The summed E-state index contributed by atoms with van der Waals surface area (Å²) in [5.41, 5.74) is 2.80. The Kier molecular flexibility index (Phi) is 3.23. The Hall–Kier alpha value is -1.84. The number of carbonyl (C=O) groups is 1. The van der Waals surface area contributed by atoms with Gasteiger partial charge < -0.3 is 5.32 Å². The van der Waals surface area contributed by atoms with Crippen LogP contribution < -0.4 is 10.2 Å². The Bertz CT molecular complexity index is 613. The first-order chi connectivity index (χ1) is 9.25. The maximum atomic E-state index is 12.3. The van der Waals surface area contributed by atoms with Gasteiger partial charge in [-0.25, -0.2) is 0 Å². The monoisotopic (exact) mass is 272 g/mol. The summed E-state index contributed by atoms with van der Waals surface area (Å²) >= 11 is 6.03. The molecule has 0 fully saturated rings. The van der Waals surface area contributed by atoms with Crippen LogP contribution in [0.3, 0.4) is 0 Å². The molecule has 0 unspecified atom stereocenters. The molecule has 0 saturated carbocycles. The van der Waals surface area contributed by atoms with Gasteiger partial charge in [0.15, 0.2) is 0 Å². The third-order valence-corrected chi connectivity index (χ3v) is 3.37. The number of para-hydroxylation sites is 1. The molecule has 1 aliphatic heterocycles. The normalized spacial score (nSPS) is 15.0. The minimum atomic E-state index is 0.0345. The lowest BCUT2D eigenvalue weighted by Gasteiger charge is -2.22. The molecule has 1 aliphatic rings. The smallest absolute Gasteiger partial charge is 0.245 e. The van der Waals surface area contributed by atoms with Crippen molar-refractivity contribution in [1.29, 1.82) is 0 Å². The van der Waals surface area contributed by atoms with Gasteiger partial charge in [-0.05, 0) is 35.9 Å². The number of nitrogens with one attached hydrogen (secondary N) is 1. The van der Waals surface area contributed by atoms with E-state index >= 15 is 0 Å². The molecule has 0 spiro atoms. The zero-order chi connectivity index (χ0) is 13.2. The highest BCUT2D eigenvalue weighted by atomic mass is 35.5. The Labute approximate surface area is 116 Å². The molecule has 1 heterocycles. The SMILES string of the molecule is O=C1CNCc2cc(Cl)ccc2N1c1ccccc1. The summed E-state index contributed by atoms with van der Waals surface area (Å²) in [6.07, 6.45) is 0. The number of rotatable bonds is 1. The molecule has 1 amide bonds. The molecular weight excluding hydrogens is 260 g/mol. The minimum absolute atomic E-state index is 0.0345. The lowest BCUT2D eigenvalue weighted by atomic mass is 10.1. The van der Waals surface area contributed by atoms with Gasteiger partial charge in [0, 0.05) is 17.3 Å². The summed E-state index contributed by atoms with van der Waals surface area (Å²) in [7, 11) is 0. The summed E-state index contributed by atoms with van der Waals surface area (Å²) in [6.45, 7) is 0.964. The van der Waals surface area contributed by atoms with Crippen LogP contribution in [0.5, 0.6) is 0 Å². The van der Waals surface area contributed by atoms with Gasteiger partial charge in [-0.15, -0.1) is 0 Å². The standard InChI is InChI=1S/C15H13ClN2O/c16-12-6-7-14-11(8-12)9-17-10-15(19)18(14)13-4-2-1-3-5-13/h1-8,17H,9-10H2. The van der Waals surface area contributed by atoms with Crippen molar-refractivity contribution in [3.05, 3.63) is 59.1 Å². The van der Waals surface area contributed by atoms with E-state index in [9.17, 15) is 4.79 Å². The molecule has 2 aromatic rings. The number of carbonyl (C=O) groups excluding carboxylic acids is 1. The summed E-state index contributed by atoms with van der Waals surface area (Å²) in [5.74, 6) is 0.0345. The molecule has 96 valence electrons. The van der Waals surface area contributed by atoms with Crippen molar-refractivity contribution in [1.82, 2.24) is 5.32 Å². The van der Waals surface area contributed by atoms with Crippen molar-refractivity contribution in [2.75, 3.05) is 11.4 Å². The third-order valence-electron chi connectivity index (χ3n) is 3.14. The predicted molar refractivity (Wildman–Crippen MR) is 76.7 cm³/mol. The maximum absolute atomic E-state index is 12.3. The average Bonchev–Trinajstić information content (AvgIpc) is 2.58. The average molecular weight is 273 g/mol. The Morgan fingerprint density at radius 1 is 1.05 bits per heavy atom. The van der Waals surface area contributed by atoms with E-state index in [2.05, 4.69) is 5.32 Å². The van der Waals surface area contributed by atoms with E-state index in [4.69, 9.17) is 11.6 Å². The Balaban J connectivity index is 2.14. The molecule has 4 heteroatoms. The second-order valence-corrected chi connectivity index (χ2v) is 4.88. The zero-order valence-corrected chi connectivity index (χ0v) is 11.0. The molecule has 2 aromatic carbocycles. The van der Waals surface area contributed by atoms with Crippen molar-refractivity contribution in [2.45, 2.75) is 6.54 Å². The summed E-state index contributed by atoms with van der Waals surface area (Å²) in [4.78, 5) is 14.0. The maximum Gasteiger partial charge on any atom is 0.245 e. The van der Waals surface area contributed by atoms with Gasteiger partial charge in [0.05, 0.1) is 12.2 Å². The van der Waals surface area contributed by atoms with Crippen LogP contribution in [0.2, 0.25) is 5.02 Å². The van der Waals surface area contributed by atoms with E-state index in [1.54, 1.807) is 4.90 Å². The van der Waals surface area contributed by atoms with Gasteiger partial charge in [0.2, 0.25) is 5.91 Å². The van der Waals surface area contributed by atoms with Gasteiger partial charge in [0.25, 0.3) is 0 Å². The molecule has 0 bridgehead atoms. The summed E-state index contributed by atoms with van der Waals surface area (Å²) in [5, 5.41) is 3.81. The van der Waals surface area contributed by atoms with Crippen LogP contribution >= 0.6 is 11.6 Å². The number of halogens is 1. The second-order valence-electron chi connectivity index (χ2n) is 4.44. The molecule has 0 atom stereocenters. The van der Waals surface area contributed by atoms with Crippen LogP contribution in [0.15, 0.2) is 48.5 Å². The van der Waals surface area contributed by atoms with Crippen molar-refractivity contribution in [3.8, 4) is 0 Å². The number of hydrogen-bond donors (Lipinski definition) is 1. The number of hydrogen-bond acceptors (Lipinski definition) is 2. The van der Waals surface area contributed by atoms with Crippen molar-refractivity contribution < 1.29 is 4.79 Å². The summed E-state index contributed by atoms with van der Waals surface area (Å²) in [6, 6.07) is 15.3. The van der Waals surface area contributed by atoms with E-state index in [0.29, 0.717) is 18.1 Å². The van der Waals surface area contributed by atoms with E-state index in [1.165, 1.54) is 0 Å². The number of amides is 1. The first-order valence-electron chi connectivity index (χ1n) is 6.13. The van der Waals surface area contributed by atoms with Crippen LogP contribution in [-0.2, 0) is 11.3 Å². The van der Waals surface area contributed by atoms with Gasteiger partial charge >= 0.3 is 0 Å². The molecule has 0 aliphatic carbocycles. The largest absolute Gasteiger partial charge is 0.304 e. The van der Waals surface area contributed by atoms with Gasteiger partial charge in [-0.2, -0.15) is 0 Å². The lowest BCUT2D eigenvalue weighted by molar-refractivity contribution is -0.117. The molecule has 19 heavy (non-hydrogen) atoms. The first-order valence-corrected chi connectivity index (χ1v) is 6.50. The van der Waals surface area contributed by atoms with Gasteiger partial charge in [-0.3, -0.25) is 9.69 Å². The van der Waals surface area contributed by atoms with Crippen LogP contribution in [0, 0.1) is 0 Å². The minimum Gasteiger partial charge on any atom is -0.304 e. The van der Waals surface area contributed by atoms with E-state index in [1.807, 2.05) is 48.5 Å². The quantitative estimate of drug-likeness (QED) is 0.865. The van der Waals surface area contributed by atoms with E-state index < -0.39 is 0 Å². The van der Waals surface area contributed by atoms with E-state index in [0.717, 1.165) is 16.9 Å². The fourth-order valence-corrected chi connectivity index (χ4v) is 2.49. The zero-order valence-electron chi connectivity index (χ0n) is 10.3. The predicted octanol–water partition coefficient (Wildman–Crippen LogP) is 3.11. The molecule has 0 aromatic heterocycles. The number of benzene rings is 2. The molecule has 0 saturated heterocycles. The molecule has 3 nitrogen and oxygen atoms in total. The number of fused-ring (bicyclic) bond motifs is 1. The highest BCUT2D eigenvalue weighted by Crippen LogP contribution is 2.31. The van der Waals surface area contributed by atoms with Gasteiger partial charge in [-0.1, -0.05) is 29.8 Å². The fraction of sp³-hybridized carbons (Fsp3) is 0.133. The number of anilines is 2. The number of nitrogens with zero attached hydrogens (tertiary/aromatic N) is 1. The molecule has 3 rings (SSSR count). The van der Waals surface area contributed by atoms with Crippen LogP contribution in [0.25, 0.3) is 0 Å². The summed E-state index contributed by atoms with van der Waals surface area (Å²) < 4.78 is 0. The first kappa shape index (κ1) is 12.2. The topological polar surface area (TPSA) is 32.3 Å². The third kappa shape index (κ3) is 2.35. The Morgan fingerprint density at radius 3 is 2.63 bits per heavy atom. The van der Waals surface area contributed by atoms with Crippen molar-refractivity contribution in [2.24, 2.45) is 0 Å². The molecular formula is C15H13ClN2O. The lowest BCUT2D eigenvalue weighted by Crippen LogP contribution is -2.31. The highest BCUT2D eigenvalue weighted by molar-refractivity contribution is 6.30. The molecule has 0 radical (unpaired) electrons.